The Hall–Kier alpha value is -2.63. The number of esters is 2. The van der Waals surface area contributed by atoms with Gasteiger partial charge in [0, 0.05) is 25.0 Å². The van der Waals surface area contributed by atoms with E-state index < -0.39 is 23.8 Å². The number of carbonyl (C=O) groups excluding carboxylic acids is 3. The summed E-state index contributed by atoms with van der Waals surface area (Å²) in [6.07, 6.45) is 0.450. The van der Waals surface area contributed by atoms with Crippen molar-refractivity contribution in [3.05, 3.63) is 42.5 Å². The molecule has 0 radical (unpaired) electrons. The van der Waals surface area contributed by atoms with Crippen molar-refractivity contribution in [3.63, 3.8) is 0 Å². The summed E-state index contributed by atoms with van der Waals surface area (Å²) in [5.41, 5.74) is -0.866. The predicted molar refractivity (Wildman–Crippen MR) is 87.6 cm³/mol. The molecule has 0 aliphatic carbocycles. The van der Waals surface area contributed by atoms with E-state index in [-0.39, 0.29) is 12.2 Å². The molecule has 0 aliphatic rings. The van der Waals surface area contributed by atoms with E-state index in [2.05, 4.69) is 6.58 Å². The Balaban J connectivity index is 2.76. The Morgan fingerprint density at radius 3 is 2.29 bits per heavy atom. The minimum atomic E-state index is -1.25. The Labute approximate surface area is 141 Å². The molecule has 0 spiro atoms. The van der Waals surface area contributed by atoms with Crippen LogP contribution in [0.1, 0.15) is 44.5 Å². The second kappa shape index (κ2) is 8.29. The van der Waals surface area contributed by atoms with Crippen LogP contribution in [0.2, 0.25) is 0 Å². The third-order valence-corrected chi connectivity index (χ3v) is 3.07. The molecule has 24 heavy (non-hydrogen) atoms. The van der Waals surface area contributed by atoms with E-state index in [1.807, 2.05) is 0 Å². The first-order valence-corrected chi connectivity index (χ1v) is 7.56. The molecule has 130 valence electrons. The Morgan fingerprint density at radius 1 is 1.21 bits per heavy atom. The zero-order valence-electron chi connectivity index (χ0n) is 14.3. The first-order chi connectivity index (χ1) is 11.2. The van der Waals surface area contributed by atoms with Gasteiger partial charge < -0.3 is 14.2 Å². The highest BCUT2D eigenvalue weighted by Crippen LogP contribution is 2.21. The van der Waals surface area contributed by atoms with Gasteiger partial charge in [-0.2, -0.15) is 0 Å². The molecule has 0 bridgehead atoms. The topological polar surface area (TPSA) is 78.9 Å². The first kappa shape index (κ1) is 19.4. The second-order valence-electron chi connectivity index (χ2n) is 5.52. The molecule has 6 nitrogen and oxygen atoms in total. The zero-order valence-corrected chi connectivity index (χ0v) is 14.3. The summed E-state index contributed by atoms with van der Waals surface area (Å²) in [5, 5.41) is 0. The fourth-order valence-electron chi connectivity index (χ4n) is 1.86. The van der Waals surface area contributed by atoms with Crippen LogP contribution in [0.5, 0.6) is 5.75 Å². The number of hydrogen-bond donors (Lipinski definition) is 0. The molecule has 0 aliphatic heterocycles. The Kier molecular flexibility index (Phi) is 6.70. The molecule has 0 amide bonds. The molecule has 0 aromatic heterocycles. The van der Waals surface area contributed by atoms with E-state index in [9.17, 15) is 14.4 Å². The van der Waals surface area contributed by atoms with Crippen LogP contribution in [0.25, 0.3) is 0 Å². The van der Waals surface area contributed by atoms with Crippen molar-refractivity contribution < 1.29 is 28.6 Å². The lowest BCUT2D eigenvalue weighted by atomic mass is 9.96. The normalized spacial score (nSPS) is 12.0. The summed E-state index contributed by atoms with van der Waals surface area (Å²) in [6.45, 7) is 9.61. The molecule has 0 fully saturated rings. The van der Waals surface area contributed by atoms with E-state index in [4.69, 9.17) is 14.2 Å². The van der Waals surface area contributed by atoms with Crippen molar-refractivity contribution in [2.24, 2.45) is 0 Å². The van der Waals surface area contributed by atoms with Crippen molar-refractivity contribution in [2.45, 2.75) is 46.0 Å². The highest BCUT2D eigenvalue weighted by molar-refractivity contribution is 6.03. The molecule has 1 atom stereocenters. The average molecular weight is 334 g/mol. The molecule has 0 saturated heterocycles. The fraction of sp³-hybridized carbons (Fsp3) is 0.389. The lowest BCUT2D eigenvalue weighted by Crippen LogP contribution is -2.37. The summed E-state index contributed by atoms with van der Waals surface area (Å²) < 4.78 is 15.5. The fourth-order valence-corrected chi connectivity index (χ4v) is 1.86. The van der Waals surface area contributed by atoms with Gasteiger partial charge in [0.25, 0.3) is 0 Å². The molecule has 0 N–H and O–H groups in total. The molecular formula is C18H22O6. The van der Waals surface area contributed by atoms with Gasteiger partial charge in [0.15, 0.2) is 5.60 Å². The lowest BCUT2D eigenvalue weighted by molar-refractivity contribution is -0.155. The predicted octanol–water partition coefficient (Wildman–Crippen LogP) is 3.06. The van der Waals surface area contributed by atoms with Gasteiger partial charge >= 0.3 is 11.9 Å². The van der Waals surface area contributed by atoms with Gasteiger partial charge in [-0.3, -0.25) is 9.59 Å². The maximum Gasteiger partial charge on any atom is 0.333 e. The van der Waals surface area contributed by atoms with Crippen molar-refractivity contribution in [1.29, 1.82) is 0 Å². The third-order valence-electron chi connectivity index (χ3n) is 3.07. The molecule has 0 heterocycles. The maximum absolute atomic E-state index is 12.4. The van der Waals surface area contributed by atoms with E-state index in [0.29, 0.717) is 11.3 Å². The smallest absolute Gasteiger partial charge is 0.333 e. The van der Waals surface area contributed by atoms with Gasteiger partial charge in [0.2, 0.25) is 12.1 Å². The number of ketones is 1. The standard InChI is InChI=1S/C18H22O6/c1-6-15(19)23-12(3)22-14-10-8-13(9-11-14)17(21)18(4,5)24-16(20)7-2/h6,8-12H,1,7H2,2-5H3. The summed E-state index contributed by atoms with van der Waals surface area (Å²) in [7, 11) is 0. The van der Waals surface area contributed by atoms with Crippen molar-refractivity contribution in [3.8, 4) is 5.75 Å². The van der Waals surface area contributed by atoms with E-state index in [0.717, 1.165) is 6.08 Å². The Morgan fingerprint density at radius 2 is 1.79 bits per heavy atom. The molecule has 1 aromatic carbocycles. The van der Waals surface area contributed by atoms with Crippen molar-refractivity contribution in [1.82, 2.24) is 0 Å². The van der Waals surface area contributed by atoms with Crippen LogP contribution >= 0.6 is 0 Å². The zero-order chi connectivity index (χ0) is 18.3. The van der Waals surface area contributed by atoms with Crippen LogP contribution in [-0.2, 0) is 19.1 Å². The second-order valence-corrected chi connectivity index (χ2v) is 5.52. The largest absolute Gasteiger partial charge is 0.455 e. The quantitative estimate of drug-likeness (QED) is 0.315. The molecule has 0 saturated carbocycles. The van der Waals surface area contributed by atoms with Crippen LogP contribution in [0.4, 0.5) is 0 Å². The molecule has 6 heteroatoms. The van der Waals surface area contributed by atoms with E-state index in [1.54, 1.807) is 52.0 Å². The van der Waals surface area contributed by atoms with Gasteiger partial charge in [0.1, 0.15) is 5.75 Å². The number of Topliss-reactive ketones (excluding diaryl/α,β-unsaturated/α-hetero) is 1. The SMILES string of the molecule is C=CC(=O)OC(C)Oc1ccc(C(=O)C(C)(C)OC(=O)CC)cc1. The highest BCUT2D eigenvalue weighted by Gasteiger charge is 2.32. The minimum absolute atomic E-state index is 0.199. The van der Waals surface area contributed by atoms with Gasteiger partial charge in [-0.05, 0) is 38.1 Å². The summed E-state index contributed by atoms with van der Waals surface area (Å²) in [6, 6.07) is 6.26. The molecular weight excluding hydrogens is 312 g/mol. The van der Waals surface area contributed by atoms with Gasteiger partial charge in [-0.25, -0.2) is 4.79 Å². The van der Waals surface area contributed by atoms with Gasteiger partial charge in [-0.15, -0.1) is 0 Å². The highest BCUT2D eigenvalue weighted by atomic mass is 16.7. The van der Waals surface area contributed by atoms with Crippen molar-refractivity contribution >= 4 is 17.7 Å². The molecule has 1 unspecified atom stereocenters. The van der Waals surface area contributed by atoms with Crippen LogP contribution in [0.3, 0.4) is 0 Å². The van der Waals surface area contributed by atoms with Crippen LogP contribution in [0, 0.1) is 0 Å². The molecule has 1 rings (SSSR count). The monoisotopic (exact) mass is 334 g/mol. The Bertz CT molecular complexity index is 615. The maximum atomic E-state index is 12.4. The van der Waals surface area contributed by atoms with Crippen molar-refractivity contribution in [2.75, 3.05) is 0 Å². The number of benzene rings is 1. The number of hydrogen-bond acceptors (Lipinski definition) is 6. The van der Waals surface area contributed by atoms with Crippen LogP contribution < -0.4 is 4.74 Å². The number of carbonyl (C=O) groups is 3. The van der Waals surface area contributed by atoms with E-state index in [1.165, 1.54) is 0 Å². The summed E-state index contributed by atoms with van der Waals surface area (Å²) >= 11 is 0. The number of rotatable bonds is 8. The average Bonchev–Trinajstić information content (AvgIpc) is 2.54. The lowest BCUT2D eigenvalue weighted by Gasteiger charge is -2.23. The van der Waals surface area contributed by atoms with Gasteiger partial charge in [0.05, 0.1) is 0 Å². The van der Waals surface area contributed by atoms with Crippen LogP contribution in [0.15, 0.2) is 36.9 Å². The molecule has 1 aromatic rings. The third kappa shape index (κ3) is 5.53. The first-order valence-electron chi connectivity index (χ1n) is 7.56. The van der Waals surface area contributed by atoms with Gasteiger partial charge in [-0.1, -0.05) is 13.5 Å². The van der Waals surface area contributed by atoms with E-state index >= 15 is 0 Å². The minimum Gasteiger partial charge on any atom is -0.455 e. The number of ether oxygens (including phenoxy) is 3. The summed E-state index contributed by atoms with van der Waals surface area (Å²) in [4.78, 5) is 34.9. The summed E-state index contributed by atoms with van der Waals surface area (Å²) in [5.74, 6) is -0.916. The van der Waals surface area contributed by atoms with Crippen LogP contribution in [-0.4, -0.2) is 29.6 Å².